The summed E-state index contributed by atoms with van der Waals surface area (Å²) >= 11 is 0. The highest BCUT2D eigenvalue weighted by Gasteiger charge is 1.99. The van der Waals surface area contributed by atoms with Crippen molar-refractivity contribution in [1.82, 2.24) is 5.32 Å². The fourth-order valence-corrected chi connectivity index (χ4v) is 0.938. The molecule has 1 unspecified atom stereocenters. The molecule has 0 amide bonds. The second-order valence-electron chi connectivity index (χ2n) is 3.20. The highest BCUT2D eigenvalue weighted by Crippen LogP contribution is 1.94. The van der Waals surface area contributed by atoms with Crippen molar-refractivity contribution in [3.8, 4) is 12.3 Å². The molecule has 1 N–H and O–H groups in total. The molecule has 0 bridgehead atoms. The van der Waals surface area contributed by atoms with Crippen LogP contribution < -0.4 is 5.32 Å². The van der Waals surface area contributed by atoms with Crippen molar-refractivity contribution in [2.45, 2.75) is 39.7 Å². The average molecular weight is 165 g/mol. The Morgan fingerprint density at radius 2 is 2.25 bits per heavy atom. The van der Waals surface area contributed by atoms with Crippen LogP contribution >= 0.6 is 0 Å². The van der Waals surface area contributed by atoms with Crippen LogP contribution in [-0.4, -0.2) is 12.6 Å². The summed E-state index contributed by atoms with van der Waals surface area (Å²) in [6.07, 6.45) is 9.69. The van der Waals surface area contributed by atoms with Gasteiger partial charge in [0.1, 0.15) is 0 Å². The molecule has 68 valence electrons. The molecule has 0 rings (SSSR count). The molecule has 0 aliphatic heterocycles. The van der Waals surface area contributed by atoms with E-state index < -0.39 is 0 Å². The maximum Gasteiger partial charge on any atom is 0.0689 e. The number of nitrogens with one attached hydrogen (secondary N) is 1. The van der Waals surface area contributed by atoms with Crippen LogP contribution in [0, 0.1) is 12.3 Å². The molecule has 0 aromatic heterocycles. The van der Waals surface area contributed by atoms with Gasteiger partial charge < -0.3 is 5.32 Å². The first kappa shape index (κ1) is 11.3. The number of rotatable bonds is 5. The lowest BCUT2D eigenvalue weighted by Gasteiger charge is -2.09. The minimum absolute atomic E-state index is 0.241. The predicted molar refractivity (Wildman–Crippen MR) is 55.0 cm³/mol. The van der Waals surface area contributed by atoms with Gasteiger partial charge in [0.05, 0.1) is 6.04 Å². The van der Waals surface area contributed by atoms with E-state index in [4.69, 9.17) is 6.42 Å². The van der Waals surface area contributed by atoms with E-state index in [0.29, 0.717) is 0 Å². The first-order chi connectivity index (χ1) is 5.70. The van der Waals surface area contributed by atoms with Crippen molar-refractivity contribution < 1.29 is 0 Å². The van der Waals surface area contributed by atoms with Gasteiger partial charge in [-0.15, -0.1) is 6.42 Å². The van der Waals surface area contributed by atoms with Gasteiger partial charge in [-0.25, -0.2) is 0 Å². The van der Waals surface area contributed by atoms with Crippen molar-refractivity contribution in [3.63, 3.8) is 0 Å². The van der Waals surface area contributed by atoms with Gasteiger partial charge in [0.2, 0.25) is 0 Å². The first-order valence-corrected chi connectivity index (χ1v) is 4.53. The molecule has 0 fully saturated rings. The Bertz CT molecular complexity index is 170. The zero-order valence-electron chi connectivity index (χ0n) is 8.35. The Kier molecular flexibility index (Phi) is 6.51. The van der Waals surface area contributed by atoms with Crippen LogP contribution in [0.5, 0.6) is 0 Å². The van der Waals surface area contributed by atoms with Gasteiger partial charge in [-0.2, -0.15) is 0 Å². The van der Waals surface area contributed by atoms with E-state index >= 15 is 0 Å². The minimum atomic E-state index is 0.241. The minimum Gasteiger partial charge on any atom is -0.300 e. The van der Waals surface area contributed by atoms with Crippen LogP contribution in [0.1, 0.15) is 33.6 Å². The van der Waals surface area contributed by atoms with Gasteiger partial charge >= 0.3 is 0 Å². The topological polar surface area (TPSA) is 12.0 Å². The zero-order valence-corrected chi connectivity index (χ0v) is 8.35. The maximum atomic E-state index is 5.34. The van der Waals surface area contributed by atoms with Gasteiger partial charge in [0, 0.05) is 6.54 Å². The summed E-state index contributed by atoms with van der Waals surface area (Å²) in [6, 6.07) is 0.241. The lowest BCUT2D eigenvalue weighted by molar-refractivity contribution is 0.595. The lowest BCUT2D eigenvalue weighted by Crippen LogP contribution is -2.27. The quantitative estimate of drug-likeness (QED) is 0.487. The van der Waals surface area contributed by atoms with E-state index in [-0.39, 0.29) is 6.04 Å². The summed E-state index contributed by atoms with van der Waals surface area (Å²) in [4.78, 5) is 0. The van der Waals surface area contributed by atoms with E-state index in [0.717, 1.165) is 19.4 Å². The normalized spacial score (nSPS) is 11.8. The Labute approximate surface area is 76.2 Å². The summed E-state index contributed by atoms with van der Waals surface area (Å²) < 4.78 is 0. The van der Waals surface area contributed by atoms with Crippen molar-refractivity contribution in [2.75, 3.05) is 6.54 Å². The molecule has 0 saturated heterocycles. The van der Waals surface area contributed by atoms with Crippen LogP contribution in [0.15, 0.2) is 11.6 Å². The summed E-state index contributed by atoms with van der Waals surface area (Å²) in [5.74, 6) is 2.74. The highest BCUT2D eigenvalue weighted by atomic mass is 14.9. The predicted octanol–water partition coefficient (Wildman–Crippen LogP) is 2.34. The standard InChI is InChI=1S/C11H19N/c1-5-7-11(6-2)12-9-8-10(3)4/h2,8,11-12H,5,7,9H2,1,3-4H3. The third kappa shape index (κ3) is 6.00. The zero-order chi connectivity index (χ0) is 9.40. The van der Waals surface area contributed by atoms with Gasteiger partial charge in [-0.3, -0.25) is 0 Å². The average Bonchev–Trinajstić information content (AvgIpc) is 2.02. The molecule has 1 nitrogen and oxygen atoms in total. The molecule has 0 aliphatic rings. The van der Waals surface area contributed by atoms with E-state index in [1.165, 1.54) is 5.57 Å². The molecule has 12 heavy (non-hydrogen) atoms. The molecule has 1 atom stereocenters. The van der Waals surface area contributed by atoms with Crippen molar-refractivity contribution >= 4 is 0 Å². The van der Waals surface area contributed by atoms with Crippen LogP contribution in [0.2, 0.25) is 0 Å². The number of allylic oxidation sites excluding steroid dienone is 1. The van der Waals surface area contributed by atoms with Crippen LogP contribution in [0.4, 0.5) is 0 Å². The van der Waals surface area contributed by atoms with E-state index in [1.54, 1.807) is 0 Å². The molecular weight excluding hydrogens is 146 g/mol. The fourth-order valence-electron chi connectivity index (χ4n) is 0.938. The molecule has 0 aromatic rings. The Morgan fingerprint density at radius 1 is 1.58 bits per heavy atom. The molecule has 0 aliphatic carbocycles. The molecule has 0 saturated carbocycles. The van der Waals surface area contributed by atoms with Gasteiger partial charge in [0.15, 0.2) is 0 Å². The fraction of sp³-hybridized carbons (Fsp3) is 0.636. The summed E-state index contributed by atoms with van der Waals surface area (Å²) in [5, 5.41) is 3.29. The molecule has 0 spiro atoms. The molecule has 0 aromatic carbocycles. The van der Waals surface area contributed by atoms with E-state index in [1.807, 2.05) is 0 Å². The Morgan fingerprint density at radius 3 is 2.67 bits per heavy atom. The third-order valence-electron chi connectivity index (χ3n) is 1.65. The summed E-state index contributed by atoms with van der Waals surface area (Å²) in [5.41, 5.74) is 1.33. The van der Waals surface area contributed by atoms with Crippen molar-refractivity contribution in [2.24, 2.45) is 0 Å². The number of hydrogen-bond donors (Lipinski definition) is 1. The van der Waals surface area contributed by atoms with E-state index in [2.05, 4.69) is 38.1 Å². The summed E-state index contributed by atoms with van der Waals surface area (Å²) in [7, 11) is 0. The lowest BCUT2D eigenvalue weighted by atomic mass is 10.2. The first-order valence-electron chi connectivity index (χ1n) is 4.53. The largest absolute Gasteiger partial charge is 0.300 e. The highest BCUT2D eigenvalue weighted by molar-refractivity contribution is 5.01. The molecule has 0 heterocycles. The number of terminal acetylenes is 1. The molecule has 1 heteroatoms. The second kappa shape index (κ2) is 6.94. The SMILES string of the molecule is C#CC(CCC)NCC=C(C)C. The van der Waals surface area contributed by atoms with Crippen molar-refractivity contribution in [3.05, 3.63) is 11.6 Å². The summed E-state index contributed by atoms with van der Waals surface area (Å²) in [6.45, 7) is 7.21. The van der Waals surface area contributed by atoms with Crippen LogP contribution in [0.3, 0.4) is 0 Å². The monoisotopic (exact) mass is 165 g/mol. The second-order valence-corrected chi connectivity index (χ2v) is 3.20. The smallest absolute Gasteiger partial charge is 0.0689 e. The number of hydrogen-bond acceptors (Lipinski definition) is 1. The van der Waals surface area contributed by atoms with Gasteiger partial charge in [0.25, 0.3) is 0 Å². The van der Waals surface area contributed by atoms with Crippen LogP contribution in [-0.2, 0) is 0 Å². The maximum absolute atomic E-state index is 5.34. The third-order valence-corrected chi connectivity index (χ3v) is 1.65. The van der Waals surface area contributed by atoms with Crippen LogP contribution in [0.25, 0.3) is 0 Å². The molecule has 0 radical (unpaired) electrons. The Hall–Kier alpha value is -0.740. The molecular formula is C11H19N. The van der Waals surface area contributed by atoms with Gasteiger partial charge in [-0.1, -0.05) is 30.9 Å². The van der Waals surface area contributed by atoms with Gasteiger partial charge in [-0.05, 0) is 20.3 Å². The Balaban J connectivity index is 3.60. The van der Waals surface area contributed by atoms with Crippen molar-refractivity contribution in [1.29, 1.82) is 0 Å². The van der Waals surface area contributed by atoms with E-state index in [9.17, 15) is 0 Å².